The molecule has 0 atom stereocenters. The van der Waals surface area contributed by atoms with Crippen molar-refractivity contribution in [1.82, 2.24) is 9.97 Å². The van der Waals surface area contributed by atoms with Crippen LogP contribution in [0.5, 0.6) is 0 Å². The molecule has 2 bridgehead atoms. The second-order valence-electron chi connectivity index (χ2n) is 9.09. The summed E-state index contributed by atoms with van der Waals surface area (Å²) in [6, 6.07) is 11.0. The predicted molar refractivity (Wildman–Crippen MR) is 113 cm³/mol. The van der Waals surface area contributed by atoms with Gasteiger partial charge >= 0.3 is 0 Å². The Morgan fingerprint density at radius 2 is 1.41 bits per heavy atom. The number of aromatic nitrogens is 2. The summed E-state index contributed by atoms with van der Waals surface area (Å²) in [7, 11) is 0. The van der Waals surface area contributed by atoms with Crippen LogP contribution in [-0.2, 0) is 5.41 Å². The molecule has 3 saturated carbocycles. The zero-order chi connectivity index (χ0) is 18.6. The lowest BCUT2D eigenvalue weighted by atomic mass is 9.51. The highest BCUT2D eigenvalue weighted by Gasteiger charge is 2.48. The smallest absolute Gasteiger partial charge is 0.159 e. The van der Waals surface area contributed by atoms with Crippen molar-refractivity contribution < 1.29 is 0 Å². The van der Waals surface area contributed by atoms with Gasteiger partial charge in [0.2, 0.25) is 0 Å². The van der Waals surface area contributed by atoms with Gasteiger partial charge in [-0.1, -0.05) is 63.3 Å². The topological polar surface area (TPSA) is 25.8 Å². The molecule has 0 aliphatic heterocycles. The SMILES string of the molecule is CCCCCCCC12CCC(c3ccc(-c4ncccn4)cc3)(CC1)CC2. The highest BCUT2D eigenvalue weighted by Crippen LogP contribution is 2.59. The van der Waals surface area contributed by atoms with E-state index in [9.17, 15) is 0 Å². The molecule has 1 aromatic heterocycles. The summed E-state index contributed by atoms with van der Waals surface area (Å²) in [4.78, 5) is 8.76. The first-order chi connectivity index (χ1) is 13.3. The lowest BCUT2D eigenvalue weighted by molar-refractivity contribution is 0.0304. The number of unbranched alkanes of at least 4 members (excludes halogenated alkanes) is 4. The molecular formula is C25H34N2. The van der Waals surface area contributed by atoms with Crippen LogP contribution in [-0.4, -0.2) is 9.97 Å². The minimum atomic E-state index is 0.444. The van der Waals surface area contributed by atoms with E-state index >= 15 is 0 Å². The molecule has 2 aromatic rings. The highest BCUT2D eigenvalue weighted by atomic mass is 14.8. The first kappa shape index (κ1) is 18.7. The zero-order valence-corrected chi connectivity index (χ0v) is 16.9. The van der Waals surface area contributed by atoms with Gasteiger partial charge in [-0.15, -0.1) is 0 Å². The van der Waals surface area contributed by atoms with Gasteiger partial charge in [-0.25, -0.2) is 9.97 Å². The van der Waals surface area contributed by atoms with Gasteiger partial charge in [-0.3, -0.25) is 0 Å². The van der Waals surface area contributed by atoms with Crippen molar-refractivity contribution in [3.8, 4) is 11.4 Å². The summed E-state index contributed by atoms with van der Waals surface area (Å²) in [5.41, 5.74) is 3.81. The third kappa shape index (κ3) is 3.95. The van der Waals surface area contributed by atoms with Gasteiger partial charge in [0.05, 0.1) is 0 Å². The molecule has 3 aliphatic rings. The maximum Gasteiger partial charge on any atom is 0.159 e. The van der Waals surface area contributed by atoms with Gasteiger partial charge in [0.15, 0.2) is 5.82 Å². The number of nitrogens with zero attached hydrogens (tertiary/aromatic N) is 2. The van der Waals surface area contributed by atoms with E-state index in [1.54, 1.807) is 5.56 Å². The molecule has 0 unspecified atom stereocenters. The molecule has 1 aromatic carbocycles. The third-order valence-electron chi connectivity index (χ3n) is 7.53. The van der Waals surface area contributed by atoms with E-state index in [-0.39, 0.29) is 0 Å². The summed E-state index contributed by atoms with van der Waals surface area (Å²) in [6.07, 6.45) is 20.8. The van der Waals surface area contributed by atoms with E-state index in [1.807, 2.05) is 18.5 Å². The molecule has 0 saturated heterocycles. The summed E-state index contributed by atoms with van der Waals surface area (Å²) in [5.74, 6) is 0.830. The largest absolute Gasteiger partial charge is 0.237 e. The van der Waals surface area contributed by atoms with Crippen LogP contribution in [0.1, 0.15) is 89.5 Å². The summed E-state index contributed by atoms with van der Waals surface area (Å²) < 4.78 is 0. The van der Waals surface area contributed by atoms with Crippen molar-refractivity contribution in [2.75, 3.05) is 0 Å². The molecule has 2 heteroatoms. The molecule has 0 N–H and O–H groups in total. The Bertz CT molecular complexity index is 695. The predicted octanol–water partition coefficient (Wildman–Crippen LogP) is 7.10. The minimum absolute atomic E-state index is 0.444. The van der Waals surface area contributed by atoms with Crippen molar-refractivity contribution in [2.24, 2.45) is 5.41 Å². The first-order valence-corrected chi connectivity index (χ1v) is 11.1. The van der Waals surface area contributed by atoms with Crippen LogP contribution in [0.3, 0.4) is 0 Å². The number of hydrogen-bond donors (Lipinski definition) is 0. The number of hydrogen-bond acceptors (Lipinski definition) is 2. The molecule has 2 nitrogen and oxygen atoms in total. The maximum absolute atomic E-state index is 4.38. The molecule has 0 amide bonds. The second kappa shape index (κ2) is 8.12. The average Bonchev–Trinajstić information content (AvgIpc) is 2.76. The molecule has 3 aliphatic carbocycles. The Kier molecular flexibility index (Phi) is 5.61. The Morgan fingerprint density at radius 1 is 0.778 bits per heavy atom. The van der Waals surface area contributed by atoms with E-state index in [4.69, 9.17) is 0 Å². The van der Waals surface area contributed by atoms with Crippen LogP contribution in [0.15, 0.2) is 42.7 Å². The molecule has 1 heterocycles. The summed E-state index contributed by atoms with van der Waals surface area (Å²) in [5, 5.41) is 0. The Balaban J connectivity index is 1.38. The zero-order valence-electron chi connectivity index (χ0n) is 16.9. The van der Waals surface area contributed by atoms with Crippen molar-refractivity contribution >= 4 is 0 Å². The van der Waals surface area contributed by atoms with Gasteiger partial charge in [-0.05, 0) is 67.4 Å². The lowest BCUT2D eigenvalue weighted by Crippen LogP contribution is -2.44. The van der Waals surface area contributed by atoms with Crippen molar-refractivity contribution in [3.05, 3.63) is 48.3 Å². The lowest BCUT2D eigenvalue weighted by Gasteiger charge is -2.54. The summed E-state index contributed by atoms with van der Waals surface area (Å²) >= 11 is 0. The number of benzene rings is 1. The minimum Gasteiger partial charge on any atom is -0.237 e. The molecule has 5 rings (SSSR count). The Labute approximate surface area is 164 Å². The fourth-order valence-electron chi connectivity index (χ4n) is 5.60. The quantitative estimate of drug-likeness (QED) is 0.468. The van der Waals surface area contributed by atoms with Crippen molar-refractivity contribution in [1.29, 1.82) is 0 Å². The van der Waals surface area contributed by atoms with Crippen molar-refractivity contribution in [2.45, 2.75) is 89.4 Å². The monoisotopic (exact) mass is 362 g/mol. The van der Waals surface area contributed by atoms with E-state index in [1.165, 1.54) is 77.0 Å². The van der Waals surface area contributed by atoms with Gasteiger partial charge in [-0.2, -0.15) is 0 Å². The second-order valence-corrected chi connectivity index (χ2v) is 9.09. The molecule has 0 radical (unpaired) electrons. The first-order valence-electron chi connectivity index (χ1n) is 11.1. The van der Waals surface area contributed by atoms with Gasteiger partial charge in [0.25, 0.3) is 0 Å². The molecule has 0 spiro atoms. The van der Waals surface area contributed by atoms with Crippen LogP contribution >= 0.6 is 0 Å². The fraction of sp³-hybridized carbons (Fsp3) is 0.600. The van der Waals surface area contributed by atoms with E-state index < -0.39 is 0 Å². The highest BCUT2D eigenvalue weighted by molar-refractivity contribution is 5.55. The van der Waals surface area contributed by atoms with Crippen LogP contribution < -0.4 is 0 Å². The number of fused-ring (bicyclic) bond motifs is 3. The molecule has 144 valence electrons. The average molecular weight is 363 g/mol. The van der Waals surface area contributed by atoms with Crippen molar-refractivity contribution in [3.63, 3.8) is 0 Å². The van der Waals surface area contributed by atoms with E-state index in [0.717, 1.165) is 11.4 Å². The summed E-state index contributed by atoms with van der Waals surface area (Å²) in [6.45, 7) is 2.31. The van der Waals surface area contributed by atoms with Crippen LogP contribution in [0.25, 0.3) is 11.4 Å². The fourth-order valence-corrected chi connectivity index (χ4v) is 5.60. The van der Waals surface area contributed by atoms with Gasteiger partial charge in [0, 0.05) is 18.0 Å². The maximum atomic E-state index is 4.38. The van der Waals surface area contributed by atoms with E-state index in [2.05, 4.69) is 41.2 Å². The molecule has 3 fully saturated rings. The van der Waals surface area contributed by atoms with Gasteiger partial charge in [0.1, 0.15) is 0 Å². The normalized spacial score (nSPS) is 27.0. The molecular weight excluding hydrogens is 328 g/mol. The Morgan fingerprint density at radius 3 is 2.04 bits per heavy atom. The number of rotatable bonds is 8. The molecule has 27 heavy (non-hydrogen) atoms. The van der Waals surface area contributed by atoms with Crippen LogP contribution in [0.2, 0.25) is 0 Å². The van der Waals surface area contributed by atoms with Gasteiger partial charge < -0.3 is 0 Å². The third-order valence-corrected chi connectivity index (χ3v) is 7.53. The Hall–Kier alpha value is -1.70. The van der Waals surface area contributed by atoms with E-state index in [0.29, 0.717) is 10.8 Å². The van der Waals surface area contributed by atoms with Crippen LogP contribution in [0, 0.1) is 5.41 Å². The standard InChI is InChI=1S/C25H34N2/c1-2-3-4-5-6-12-24-13-16-25(17-14-24,18-15-24)22-10-8-21(9-11-22)23-26-19-7-20-27-23/h7-11,19-20H,2-6,12-18H2,1H3. The van der Waals surface area contributed by atoms with Crippen LogP contribution in [0.4, 0.5) is 0 Å².